The van der Waals surface area contributed by atoms with Crippen molar-refractivity contribution in [2.45, 2.75) is 33.6 Å². The van der Waals surface area contributed by atoms with Crippen LogP contribution in [0, 0.1) is 11.3 Å². The highest BCUT2D eigenvalue weighted by atomic mass is 16.4. The molecule has 7 heteroatoms. The number of carboxylic acids is 1. The maximum Gasteiger partial charge on any atom is 0.314 e. The summed E-state index contributed by atoms with van der Waals surface area (Å²) >= 11 is 0. The number of carboxylic acid groups (broad SMARTS) is 1. The Kier molecular flexibility index (Phi) is 6.89. The number of primary amides is 1. The van der Waals surface area contributed by atoms with E-state index < -0.39 is 23.3 Å². The van der Waals surface area contributed by atoms with Crippen molar-refractivity contribution >= 4 is 17.9 Å². The number of carbonyl (C=O) groups excluding carboxylic acids is 2. The van der Waals surface area contributed by atoms with Crippen molar-refractivity contribution in [1.82, 2.24) is 10.6 Å². The third-order valence-electron chi connectivity index (χ3n) is 2.82. The Labute approximate surface area is 112 Å². The maximum absolute atomic E-state index is 11.5. The average molecular weight is 273 g/mol. The smallest absolute Gasteiger partial charge is 0.314 e. The molecule has 0 saturated carbocycles. The van der Waals surface area contributed by atoms with Crippen LogP contribution in [0.3, 0.4) is 0 Å². The number of urea groups is 1. The molecule has 0 spiro atoms. The molecular formula is C12H23N3O4. The molecule has 0 aliphatic rings. The first-order valence-corrected chi connectivity index (χ1v) is 6.18. The Balaban J connectivity index is 3.87. The largest absolute Gasteiger partial charge is 0.481 e. The van der Waals surface area contributed by atoms with E-state index in [0.29, 0.717) is 13.0 Å². The highest BCUT2D eigenvalue weighted by Gasteiger charge is 2.25. The van der Waals surface area contributed by atoms with Crippen LogP contribution in [0.5, 0.6) is 0 Å². The van der Waals surface area contributed by atoms with Crippen LogP contribution in [0.4, 0.5) is 4.79 Å². The molecule has 5 N–H and O–H groups in total. The van der Waals surface area contributed by atoms with E-state index in [2.05, 4.69) is 10.6 Å². The molecule has 0 aromatic rings. The highest BCUT2D eigenvalue weighted by molar-refractivity contribution is 5.81. The van der Waals surface area contributed by atoms with Crippen molar-refractivity contribution in [2.24, 2.45) is 17.1 Å². The first-order valence-electron chi connectivity index (χ1n) is 6.18. The zero-order valence-electron chi connectivity index (χ0n) is 11.7. The zero-order valence-corrected chi connectivity index (χ0v) is 11.7. The van der Waals surface area contributed by atoms with Gasteiger partial charge < -0.3 is 21.5 Å². The lowest BCUT2D eigenvalue weighted by Crippen LogP contribution is -2.46. The van der Waals surface area contributed by atoms with Gasteiger partial charge in [-0.3, -0.25) is 9.59 Å². The molecule has 19 heavy (non-hydrogen) atoms. The summed E-state index contributed by atoms with van der Waals surface area (Å²) in [5.41, 5.74) is 4.38. The molecule has 110 valence electrons. The third kappa shape index (κ3) is 8.01. The SMILES string of the molecule is CC(CCC(=O)O)CNC(=O)NCC(C)(C)C(N)=O. The Hall–Kier alpha value is -1.79. The van der Waals surface area contributed by atoms with Gasteiger partial charge in [0.25, 0.3) is 0 Å². The van der Waals surface area contributed by atoms with Crippen molar-refractivity contribution in [1.29, 1.82) is 0 Å². The number of nitrogens with two attached hydrogens (primary N) is 1. The quantitative estimate of drug-likeness (QED) is 0.508. The topological polar surface area (TPSA) is 122 Å². The van der Waals surface area contributed by atoms with Gasteiger partial charge in [0.15, 0.2) is 0 Å². The standard InChI is InChI=1S/C12H23N3O4/c1-8(4-5-9(16)17)6-14-11(19)15-7-12(2,3)10(13)18/h8H,4-7H2,1-3H3,(H2,13,18)(H,16,17)(H2,14,15,19). The van der Waals surface area contributed by atoms with Crippen LogP contribution in [0.2, 0.25) is 0 Å². The predicted octanol–water partition coefficient (Wildman–Crippen LogP) is 0.298. The van der Waals surface area contributed by atoms with Gasteiger partial charge in [-0.05, 0) is 26.2 Å². The van der Waals surface area contributed by atoms with Gasteiger partial charge in [0.1, 0.15) is 0 Å². The average Bonchev–Trinajstić information content (AvgIpc) is 2.31. The van der Waals surface area contributed by atoms with Gasteiger partial charge in [-0.1, -0.05) is 6.92 Å². The molecule has 1 unspecified atom stereocenters. The van der Waals surface area contributed by atoms with Crippen LogP contribution in [0.15, 0.2) is 0 Å². The molecule has 0 aromatic carbocycles. The Bertz CT molecular complexity index is 342. The van der Waals surface area contributed by atoms with E-state index in [1.165, 1.54) is 0 Å². The van der Waals surface area contributed by atoms with Crippen LogP contribution in [-0.4, -0.2) is 36.1 Å². The van der Waals surface area contributed by atoms with Crippen LogP contribution in [0.25, 0.3) is 0 Å². The normalized spacial score (nSPS) is 12.6. The van der Waals surface area contributed by atoms with E-state index in [4.69, 9.17) is 10.8 Å². The van der Waals surface area contributed by atoms with Crippen LogP contribution in [-0.2, 0) is 9.59 Å². The number of aliphatic carboxylic acids is 1. The molecule has 0 radical (unpaired) electrons. The molecule has 3 amide bonds. The zero-order chi connectivity index (χ0) is 15.1. The fourth-order valence-electron chi connectivity index (χ4n) is 1.19. The fourth-order valence-corrected chi connectivity index (χ4v) is 1.19. The van der Waals surface area contributed by atoms with Gasteiger partial charge >= 0.3 is 12.0 Å². The fraction of sp³-hybridized carbons (Fsp3) is 0.750. The monoisotopic (exact) mass is 273 g/mol. The molecule has 7 nitrogen and oxygen atoms in total. The number of carbonyl (C=O) groups is 3. The Morgan fingerprint density at radius 3 is 2.32 bits per heavy atom. The minimum absolute atomic E-state index is 0.0750. The van der Waals surface area contributed by atoms with Crippen LogP contribution in [0.1, 0.15) is 33.6 Å². The first-order chi connectivity index (χ1) is 8.65. The number of rotatable bonds is 8. The molecule has 1 atom stereocenters. The first kappa shape index (κ1) is 17.2. The number of nitrogens with one attached hydrogen (secondary N) is 2. The van der Waals surface area contributed by atoms with Crippen molar-refractivity contribution in [3.63, 3.8) is 0 Å². The molecule has 0 bridgehead atoms. The lowest BCUT2D eigenvalue weighted by Gasteiger charge is -2.21. The second kappa shape index (κ2) is 7.60. The van der Waals surface area contributed by atoms with E-state index in [1.54, 1.807) is 13.8 Å². The molecule has 0 saturated heterocycles. The molecule has 0 aliphatic heterocycles. The summed E-state index contributed by atoms with van der Waals surface area (Å²) < 4.78 is 0. The molecule has 0 rings (SSSR count). The molecule has 0 aliphatic carbocycles. The van der Waals surface area contributed by atoms with Gasteiger partial charge in [-0.2, -0.15) is 0 Å². The summed E-state index contributed by atoms with van der Waals surface area (Å²) in [6, 6.07) is -0.392. The number of hydrogen-bond donors (Lipinski definition) is 4. The lowest BCUT2D eigenvalue weighted by atomic mass is 9.93. The minimum Gasteiger partial charge on any atom is -0.481 e. The highest BCUT2D eigenvalue weighted by Crippen LogP contribution is 2.11. The van der Waals surface area contributed by atoms with Crippen molar-refractivity contribution in [3.8, 4) is 0 Å². The van der Waals surface area contributed by atoms with Crippen LogP contribution < -0.4 is 16.4 Å². The van der Waals surface area contributed by atoms with Crippen molar-refractivity contribution in [3.05, 3.63) is 0 Å². The lowest BCUT2D eigenvalue weighted by molar-refractivity contribution is -0.137. The third-order valence-corrected chi connectivity index (χ3v) is 2.82. The van der Waals surface area contributed by atoms with Gasteiger partial charge in [-0.25, -0.2) is 4.79 Å². The maximum atomic E-state index is 11.5. The van der Waals surface area contributed by atoms with Gasteiger partial charge in [0.2, 0.25) is 5.91 Å². The van der Waals surface area contributed by atoms with E-state index in [1.807, 2.05) is 6.92 Å². The summed E-state index contributed by atoms with van der Waals surface area (Å²) in [5, 5.41) is 13.7. The molecule has 0 fully saturated rings. The van der Waals surface area contributed by atoms with Gasteiger partial charge in [0.05, 0.1) is 5.41 Å². The summed E-state index contributed by atoms with van der Waals surface area (Å²) in [5.74, 6) is -1.26. The number of hydrogen-bond acceptors (Lipinski definition) is 3. The van der Waals surface area contributed by atoms with E-state index >= 15 is 0 Å². The summed E-state index contributed by atoms with van der Waals surface area (Å²) in [7, 11) is 0. The van der Waals surface area contributed by atoms with Crippen molar-refractivity contribution in [2.75, 3.05) is 13.1 Å². The molecule has 0 aromatic heterocycles. The van der Waals surface area contributed by atoms with Crippen LogP contribution >= 0.6 is 0 Å². The Morgan fingerprint density at radius 1 is 1.26 bits per heavy atom. The van der Waals surface area contributed by atoms with E-state index in [0.717, 1.165) is 0 Å². The summed E-state index contributed by atoms with van der Waals surface area (Å²) in [6.07, 6.45) is 0.585. The molecular weight excluding hydrogens is 250 g/mol. The minimum atomic E-state index is -0.848. The number of amides is 3. The second-order valence-corrected chi connectivity index (χ2v) is 5.35. The summed E-state index contributed by atoms with van der Waals surface area (Å²) in [6.45, 7) is 5.68. The summed E-state index contributed by atoms with van der Waals surface area (Å²) in [4.78, 5) is 32.9. The van der Waals surface area contributed by atoms with Gasteiger partial charge in [0, 0.05) is 19.5 Å². The second-order valence-electron chi connectivity index (χ2n) is 5.35. The van der Waals surface area contributed by atoms with E-state index in [9.17, 15) is 14.4 Å². The Morgan fingerprint density at radius 2 is 1.84 bits per heavy atom. The van der Waals surface area contributed by atoms with Crippen molar-refractivity contribution < 1.29 is 19.5 Å². The molecule has 0 heterocycles. The van der Waals surface area contributed by atoms with E-state index in [-0.39, 0.29) is 18.9 Å². The predicted molar refractivity (Wildman–Crippen MR) is 70.4 cm³/mol. The van der Waals surface area contributed by atoms with Gasteiger partial charge in [-0.15, -0.1) is 0 Å².